The summed E-state index contributed by atoms with van der Waals surface area (Å²) in [6, 6.07) is 8.23. The first-order valence-electron chi connectivity index (χ1n) is 7.67. The second-order valence-corrected chi connectivity index (χ2v) is 7.83. The summed E-state index contributed by atoms with van der Waals surface area (Å²) in [4.78, 5) is 14.5. The number of hydrogen-bond acceptors (Lipinski definition) is 3. The van der Waals surface area contributed by atoms with Crippen molar-refractivity contribution in [3.8, 4) is 0 Å². The van der Waals surface area contributed by atoms with Gasteiger partial charge in [-0.1, -0.05) is 15.9 Å². The van der Waals surface area contributed by atoms with E-state index < -0.39 is 0 Å². The molecule has 6 heteroatoms. The normalized spacial score (nSPS) is 25.0. The number of amides is 1. The number of thioether (sulfide) groups is 1. The van der Waals surface area contributed by atoms with Crippen LogP contribution in [0, 0.1) is 0 Å². The van der Waals surface area contributed by atoms with Gasteiger partial charge in [-0.25, -0.2) is 0 Å². The van der Waals surface area contributed by atoms with Crippen LogP contribution in [0.5, 0.6) is 0 Å². The highest BCUT2D eigenvalue weighted by Gasteiger charge is 2.26. The molecule has 1 aromatic rings. The molecule has 1 aliphatic heterocycles. The summed E-state index contributed by atoms with van der Waals surface area (Å²) in [5, 5.41) is 3.01. The van der Waals surface area contributed by atoms with Crippen LogP contribution in [0.15, 0.2) is 33.6 Å². The Labute approximate surface area is 145 Å². The zero-order valence-corrected chi connectivity index (χ0v) is 15.5. The lowest BCUT2D eigenvalue weighted by molar-refractivity contribution is -0.907. The molecule has 0 aromatic heterocycles. The van der Waals surface area contributed by atoms with E-state index >= 15 is 0 Å². The SMILES string of the molecule is C[C@@H]1C[NH+](CC(=O)NCCSc2ccc(Br)cc2)C[C@@H](C)O1. The van der Waals surface area contributed by atoms with E-state index in [-0.39, 0.29) is 18.1 Å². The summed E-state index contributed by atoms with van der Waals surface area (Å²) in [5.74, 6) is 1.02. The Morgan fingerprint density at radius 3 is 2.59 bits per heavy atom. The van der Waals surface area contributed by atoms with Crippen LogP contribution in [0.4, 0.5) is 0 Å². The zero-order chi connectivity index (χ0) is 15.9. The van der Waals surface area contributed by atoms with Crippen molar-refractivity contribution in [1.82, 2.24) is 5.32 Å². The number of quaternary nitrogens is 1. The first-order valence-corrected chi connectivity index (χ1v) is 9.45. The summed E-state index contributed by atoms with van der Waals surface area (Å²) in [6.45, 7) is 7.21. The lowest BCUT2D eigenvalue weighted by Crippen LogP contribution is -3.16. The number of rotatable bonds is 6. The quantitative estimate of drug-likeness (QED) is 0.571. The van der Waals surface area contributed by atoms with Gasteiger partial charge >= 0.3 is 0 Å². The van der Waals surface area contributed by atoms with Crippen molar-refractivity contribution in [2.45, 2.75) is 31.0 Å². The van der Waals surface area contributed by atoms with Crippen LogP contribution in [0.1, 0.15) is 13.8 Å². The predicted octanol–water partition coefficient (Wildman–Crippen LogP) is 1.35. The summed E-state index contributed by atoms with van der Waals surface area (Å²) < 4.78 is 6.78. The average molecular weight is 388 g/mol. The zero-order valence-electron chi connectivity index (χ0n) is 13.1. The van der Waals surface area contributed by atoms with Crippen molar-refractivity contribution in [3.63, 3.8) is 0 Å². The van der Waals surface area contributed by atoms with E-state index in [4.69, 9.17) is 4.74 Å². The van der Waals surface area contributed by atoms with Gasteiger partial charge in [-0.3, -0.25) is 4.79 Å². The van der Waals surface area contributed by atoms with Crippen molar-refractivity contribution in [1.29, 1.82) is 0 Å². The molecule has 0 radical (unpaired) electrons. The third-order valence-corrected chi connectivity index (χ3v) is 5.08. The van der Waals surface area contributed by atoms with E-state index in [1.165, 1.54) is 9.80 Å². The van der Waals surface area contributed by atoms with E-state index in [0.717, 1.165) is 23.3 Å². The molecule has 2 atom stereocenters. The molecule has 1 aromatic carbocycles. The summed E-state index contributed by atoms with van der Waals surface area (Å²) >= 11 is 5.18. The number of halogens is 1. The Kier molecular flexibility index (Phi) is 7.21. The van der Waals surface area contributed by atoms with Gasteiger partial charge in [0.2, 0.25) is 0 Å². The molecule has 1 amide bonds. The molecule has 0 saturated carbocycles. The molecule has 0 aliphatic carbocycles. The largest absolute Gasteiger partial charge is 0.364 e. The van der Waals surface area contributed by atoms with Gasteiger partial charge in [0, 0.05) is 21.7 Å². The van der Waals surface area contributed by atoms with Crippen LogP contribution in [0.2, 0.25) is 0 Å². The molecular weight excluding hydrogens is 364 g/mol. The van der Waals surface area contributed by atoms with E-state index in [2.05, 4.69) is 47.2 Å². The fourth-order valence-corrected chi connectivity index (χ4v) is 3.75. The molecule has 0 bridgehead atoms. The van der Waals surface area contributed by atoms with E-state index in [1.807, 2.05) is 12.1 Å². The van der Waals surface area contributed by atoms with Crippen LogP contribution in [0.25, 0.3) is 0 Å². The van der Waals surface area contributed by atoms with E-state index in [9.17, 15) is 4.79 Å². The van der Waals surface area contributed by atoms with Crippen LogP contribution >= 0.6 is 27.7 Å². The van der Waals surface area contributed by atoms with Crippen molar-refractivity contribution >= 4 is 33.6 Å². The van der Waals surface area contributed by atoms with Crippen molar-refractivity contribution < 1.29 is 14.4 Å². The predicted molar refractivity (Wildman–Crippen MR) is 93.4 cm³/mol. The molecule has 0 unspecified atom stereocenters. The third-order valence-electron chi connectivity index (χ3n) is 3.53. The first kappa shape index (κ1) is 17.8. The van der Waals surface area contributed by atoms with Crippen LogP contribution in [-0.2, 0) is 9.53 Å². The van der Waals surface area contributed by atoms with Gasteiger partial charge in [0.05, 0.1) is 0 Å². The highest BCUT2D eigenvalue weighted by molar-refractivity contribution is 9.10. The highest BCUT2D eigenvalue weighted by atomic mass is 79.9. The minimum Gasteiger partial charge on any atom is -0.364 e. The highest BCUT2D eigenvalue weighted by Crippen LogP contribution is 2.19. The number of nitrogens with one attached hydrogen (secondary N) is 2. The molecule has 2 N–H and O–H groups in total. The maximum absolute atomic E-state index is 12.0. The molecule has 122 valence electrons. The smallest absolute Gasteiger partial charge is 0.275 e. The van der Waals surface area contributed by atoms with Gasteiger partial charge in [0.1, 0.15) is 25.3 Å². The molecule has 0 spiro atoms. The molecule has 1 fully saturated rings. The molecular formula is C16H24BrN2O2S+. The number of ether oxygens (including phenoxy) is 1. The number of carbonyl (C=O) groups excluding carboxylic acids is 1. The Bertz CT molecular complexity index is 474. The van der Waals surface area contributed by atoms with Gasteiger partial charge in [0.15, 0.2) is 6.54 Å². The number of hydrogen-bond donors (Lipinski definition) is 2. The lowest BCUT2D eigenvalue weighted by atomic mass is 10.2. The Morgan fingerprint density at radius 2 is 1.95 bits per heavy atom. The standard InChI is InChI=1S/C16H23BrN2O2S/c1-12-9-19(10-13(2)21-12)11-16(20)18-7-8-22-15-5-3-14(17)4-6-15/h3-6,12-13H,7-11H2,1-2H3,(H,18,20)/p+1/t12-,13-/m1/s1. The molecule has 1 saturated heterocycles. The van der Waals surface area contributed by atoms with Gasteiger partial charge in [-0.15, -0.1) is 11.8 Å². The average Bonchev–Trinajstić information content (AvgIpc) is 2.44. The molecule has 1 heterocycles. The summed E-state index contributed by atoms with van der Waals surface area (Å²) in [6.07, 6.45) is 0.471. The molecule has 4 nitrogen and oxygen atoms in total. The van der Waals surface area contributed by atoms with Gasteiger partial charge in [0.25, 0.3) is 5.91 Å². The third kappa shape index (κ3) is 6.28. The molecule has 1 aliphatic rings. The van der Waals surface area contributed by atoms with Crippen molar-refractivity contribution in [3.05, 3.63) is 28.7 Å². The second kappa shape index (κ2) is 8.91. The minimum atomic E-state index is 0.132. The van der Waals surface area contributed by atoms with Crippen molar-refractivity contribution in [2.24, 2.45) is 0 Å². The molecule has 2 rings (SSSR count). The van der Waals surface area contributed by atoms with Crippen LogP contribution in [-0.4, -0.2) is 50.0 Å². The first-order chi connectivity index (χ1) is 10.5. The van der Waals surface area contributed by atoms with Crippen LogP contribution < -0.4 is 10.2 Å². The molecule has 22 heavy (non-hydrogen) atoms. The minimum absolute atomic E-state index is 0.132. The monoisotopic (exact) mass is 387 g/mol. The fraction of sp³-hybridized carbons (Fsp3) is 0.562. The maximum atomic E-state index is 12.0. The Morgan fingerprint density at radius 1 is 1.32 bits per heavy atom. The summed E-state index contributed by atoms with van der Waals surface area (Å²) in [5.41, 5.74) is 0. The van der Waals surface area contributed by atoms with E-state index in [1.54, 1.807) is 11.8 Å². The topological polar surface area (TPSA) is 42.8 Å². The van der Waals surface area contributed by atoms with Gasteiger partial charge < -0.3 is 15.0 Å². The maximum Gasteiger partial charge on any atom is 0.275 e. The lowest BCUT2D eigenvalue weighted by Gasteiger charge is -2.31. The fourth-order valence-electron chi connectivity index (χ4n) is 2.71. The van der Waals surface area contributed by atoms with E-state index in [0.29, 0.717) is 13.1 Å². The van der Waals surface area contributed by atoms with Gasteiger partial charge in [-0.2, -0.15) is 0 Å². The Balaban J connectivity index is 1.62. The number of benzene rings is 1. The summed E-state index contributed by atoms with van der Waals surface area (Å²) in [7, 11) is 0. The van der Waals surface area contributed by atoms with Gasteiger partial charge in [-0.05, 0) is 38.1 Å². The number of carbonyl (C=O) groups is 1. The second-order valence-electron chi connectivity index (χ2n) is 5.74. The Hall–Kier alpha value is -0.560. The van der Waals surface area contributed by atoms with Crippen LogP contribution in [0.3, 0.4) is 0 Å². The van der Waals surface area contributed by atoms with Crippen molar-refractivity contribution in [2.75, 3.05) is 31.9 Å². The number of morpholine rings is 1.